The van der Waals surface area contributed by atoms with Crippen molar-refractivity contribution in [1.29, 1.82) is 0 Å². The highest BCUT2D eigenvalue weighted by molar-refractivity contribution is 5.43. The van der Waals surface area contributed by atoms with Gasteiger partial charge in [-0.2, -0.15) is 10.1 Å². The third-order valence-electron chi connectivity index (χ3n) is 3.99. The molecule has 0 aliphatic carbocycles. The predicted octanol–water partition coefficient (Wildman–Crippen LogP) is 2.89. The maximum atomic E-state index is 4.61. The molecule has 2 heterocycles. The molecule has 0 fully saturated rings. The second kappa shape index (κ2) is 6.73. The van der Waals surface area contributed by atoms with Gasteiger partial charge < -0.3 is 10.2 Å². The van der Waals surface area contributed by atoms with Crippen molar-refractivity contribution in [3.8, 4) is 0 Å². The summed E-state index contributed by atoms with van der Waals surface area (Å²) in [5.41, 5.74) is 2.79. The molecule has 0 bridgehead atoms. The van der Waals surface area contributed by atoms with Crippen LogP contribution in [0, 0.1) is 5.92 Å². The van der Waals surface area contributed by atoms with Crippen LogP contribution in [-0.2, 0) is 13.0 Å². The van der Waals surface area contributed by atoms with Gasteiger partial charge in [-0.15, -0.1) is 5.10 Å². The third-order valence-corrected chi connectivity index (χ3v) is 3.99. The van der Waals surface area contributed by atoms with Gasteiger partial charge in [0, 0.05) is 19.6 Å². The van der Waals surface area contributed by atoms with E-state index in [-0.39, 0.29) is 0 Å². The highest BCUT2D eigenvalue weighted by atomic mass is 15.3. The van der Waals surface area contributed by atoms with Gasteiger partial charge in [-0.05, 0) is 29.9 Å². The topological polar surface area (TPSA) is 53.9 Å². The van der Waals surface area contributed by atoms with E-state index in [1.807, 2.05) is 0 Å². The summed E-state index contributed by atoms with van der Waals surface area (Å²) in [6.07, 6.45) is 3.85. The van der Waals surface area contributed by atoms with Crippen LogP contribution in [-0.4, -0.2) is 28.3 Å². The van der Waals surface area contributed by atoms with E-state index < -0.39 is 0 Å². The first-order valence-corrected chi connectivity index (χ1v) is 7.97. The fourth-order valence-electron chi connectivity index (χ4n) is 2.67. The highest BCUT2D eigenvalue weighted by Gasteiger charge is 2.18. The van der Waals surface area contributed by atoms with E-state index in [4.69, 9.17) is 0 Å². The average molecular weight is 297 g/mol. The molecule has 1 aliphatic heterocycles. The van der Waals surface area contributed by atoms with Crippen LogP contribution in [0.4, 0.5) is 11.8 Å². The number of rotatable bonds is 5. The van der Waals surface area contributed by atoms with Gasteiger partial charge in [0.25, 0.3) is 0 Å². The number of nitrogens with one attached hydrogen (secondary N) is 1. The molecule has 5 heteroatoms. The first-order chi connectivity index (χ1) is 10.7. The quantitative estimate of drug-likeness (QED) is 0.919. The zero-order valence-corrected chi connectivity index (χ0v) is 13.3. The van der Waals surface area contributed by atoms with E-state index in [0.29, 0.717) is 11.9 Å². The number of benzene rings is 1. The molecular formula is C17H23N5. The third kappa shape index (κ3) is 3.53. The van der Waals surface area contributed by atoms with Gasteiger partial charge in [-0.25, -0.2) is 0 Å². The minimum absolute atomic E-state index is 0.681. The molecule has 1 N–H and O–H groups in total. The zero-order chi connectivity index (χ0) is 15.4. The van der Waals surface area contributed by atoms with Gasteiger partial charge in [0.1, 0.15) is 0 Å². The van der Waals surface area contributed by atoms with Crippen molar-refractivity contribution in [3.63, 3.8) is 0 Å². The minimum Gasteiger partial charge on any atom is -0.369 e. The summed E-state index contributed by atoms with van der Waals surface area (Å²) in [7, 11) is 0. The Kier molecular flexibility index (Phi) is 4.51. The van der Waals surface area contributed by atoms with Crippen molar-refractivity contribution < 1.29 is 0 Å². The van der Waals surface area contributed by atoms with Crippen molar-refractivity contribution >= 4 is 11.8 Å². The zero-order valence-electron chi connectivity index (χ0n) is 13.3. The molecule has 0 saturated carbocycles. The molecule has 0 unspecified atom stereocenters. The number of hydrogen-bond donors (Lipinski definition) is 1. The van der Waals surface area contributed by atoms with Gasteiger partial charge in [0.05, 0.1) is 6.20 Å². The van der Waals surface area contributed by atoms with Gasteiger partial charge in [0.2, 0.25) is 5.95 Å². The number of hydrogen-bond acceptors (Lipinski definition) is 5. The monoisotopic (exact) mass is 297 g/mol. The lowest BCUT2D eigenvalue weighted by atomic mass is 10.0. The molecule has 0 atom stereocenters. The van der Waals surface area contributed by atoms with E-state index >= 15 is 0 Å². The van der Waals surface area contributed by atoms with Gasteiger partial charge in [0.15, 0.2) is 5.82 Å². The first-order valence-electron chi connectivity index (χ1n) is 7.97. The van der Waals surface area contributed by atoms with Crippen LogP contribution in [0.15, 0.2) is 30.5 Å². The molecule has 22 heavy (non-hydrogen) atoms. The molecule has 1 aromatic heterocycles. The van der Waals surface area contributed by atoms with Crippen molar-refractivity contribution in [2.24, 2.45) is 5.92 Å². The lowest BCUT2D eigenvalue weighted by molar-refractivity contribution is 0.606. The van der Waals surface area contributed by atoms with Crippen molar-refractivity contribution in [3.05, 3.63) is 41.6 Å². The van der Waals surface area contributed by atoms with Crippen LogP contribution >= 0.6 is 0 Å². The van der Waals surface area contributed by atoms with Crippen LogP contribution in [0.25, 0.3) is 0 Å². The molecule has 2 aromatic rings. The van der Waals surface area contributed by atoms with Crippen LogP contribution in [0.2, 0.25) is 0 Å². The molecule has 5 nitrogen and oxygen atoms in total. The highest BCUT2D eigenvalue weighted by Crippen LogP contribution is 2.21. The first kappa shape index (κ1) is 14.8. The molecule has 0 spiro atoms. The molecule has 3 rings (SSSR count). The Labute approximate surface area is 131 Å². The van der Waals surface area contributed by atoms with Crippen molar-refractivity contribution in [1.82, 2.24) is 15.2 Å². The predicted molar refractivity (Wildman–Crippen MR) is 89.0 cm³/mol. The van der Waals surface area contributed by atoms with E-state index in [2.05, 4.69) is 63.5 Å². The summed E-state index contributed by atoms with van der Waals surface area (Å²) in [6, 6.07) is 8.58. The SMILES string of the molecule is CC(C)CCNc1cnnc(N2CCc3ccccc3C2)n1. The van der Waals surface area contributed by atoms with E-state index in [9.17, 15) is 0 Å². The molecule has 1 aromatic carbocycles. The number of nitrogens with zero attached hydrogens (tertiary/aromatic N) is 4. The van der Waals surface area contributed by atoms with E-state index in [1.165, 1.54) is 11.1 Å². The molecule has 0 amide bonds. The standard InChI is InChI=1S/C17H23N5/c1-13(2)7-9-18-16-11-19-21-17(20-16)22-10-8-14-5-3-4-6-15(14)12-22/h3-6,11,13H,7-10,12H2,1-2H3,(H,18,20,21). The van der Waals surface area contributed by atoms with E-state index in [0.717, 1.165) is 38.3 Å². The second-order valence-electron chi connectivity index (χ2n) is 6.19. The number of aromatic nitrogens is 3. The fourth-order valence-corrected chi connectivity index (χ4v) is 2.67. The summed E-state index contributed by atoms with van der Waals surface area (Å²) in [6.45, 7) is 7.15. The number of anilines is 2. The summed E-state index contributed by atoms with van der Waals surface area (Å²) < 4.78 is 0. The van der Waals surface area contributed by atoms with Gasteiger partial charge in [-0.3, -0.25) is 0 Å². The summed E-state index contributed by atoms with van der Waals surface area (Å²) in [4.78, 5) is 6.80. The maximum Gasteiger partial charge on any atom is 0.247 e. The van der Waals surface area contributed by atoms with Crippen molar-refractivity contribution in [2.45, 2.75) is 33.2 Å². The van der Waals surface area contributed by atoms with Crippen LogP contribution in [0.1, 0.15) is 31.4 Å². The number of fused-ring (bicyclic) bond motifs is 1. The van der Waals surface area contributed by atoms with Crippen LogP contribution < -0.4 is 10.2 Å². The molecule has 0 saturated heterocycles. The molecule has 1 aliphatic rings. The molecular weight excluding hydrogens is 274 g/mol. The normalized spacial score (nSPS) is 14.0. The van der Waals surface area contributed by atoms with Crippen LogP contribution in [0.3, 0.4) is 0 Å². The maximum absolute atomic E-state index is 4.61. The Morgan fingerprint density at radius 1 is 1.23 bits per heavy atom. The van der Waals surface area contributed by atoms with Crippen LogP contribution in [0.5, 0.6) is 0 Å². The average Bonchev–Trinajstić information content (AvgIpc) is 2.54. The van der Waals surface area contributed by atoms with Gasteiger partial charge >= 0.3 is 0 Å². The van der Waals surface area contributed by atoms with E-state index in [1.54, 1.807) is 6.20 Å². The second-order valence-corrected chi connectivity index (χ2v) is 6.19. The Hall–Kier alpha value is -2.17. The minimum atomic E-state index is 0.681. The Balaban J connectivity index is 1.68. The fraction of sp³-hybridized carbons (Fsp3) is 0.471. The summed E-state index contributed by atoms with van der Waals surface area (Å²) in [5.74, 6) is 2.20. The smallest absolute Gasteiger partial charge is 0.247 e. The molecule has 0 radical (unpaired) electrons. The Morgan fingerprint density at radius 2 is 2.05 bits per heavy atom. The lowest BCUT2D eigenvalue weighted by Crippen LogP contribution is -2.32. The summed E-state index contributed by atoms with van der Waals surface area (Å²) >= 11 is 0. The largest absolute Gasteiger partial charge is 0.369 e. The van der Waals surface area contributed by atoms with Gasteiger partial charge in [-0.1, -0.05) is 38.1 Å². The lowest BCUT2D eigenvalue weighted by Gasteiger charge is -2.28. The van der Waals surface area contributed by atoms with Crippen molar-refractivity contribution in [2.75, 3.05) is 23.3 Å². The summed E-state index contributed by atoms with van der Waals surface area (Å²) in [5, 5.41) is 11.6. The Morgan fingerprint density at radius 3 is 2.86 bits per heavy atom. The molecule has 116 valence electrons. The Bertz CT molecular complexity index is 626.